The fourth-order valence-electron chi connectivity index (χ4n) is 0.676. The number of nitrogens with two attached hydrogens (primary N) is 1. The quantitative estimate of drug-likeness (QED) is 0.782. The van der Waals surface area contributed by atoms with Gasteiger partial charge in [0.25, 0.3) is 0 Å². The van der Waals surface area contributed by atoms with Gasteiger partial charge in [-0.1, -0.05) is 0 Å². The van der Waals surface area contributed by atoms with Gasteiger partial charge in [0.15, 0.2) is 5.82 Å². The van der Waals surface area contributed by atoms with E-state index in [1.807, 2.05) is 0 Å². The molecule has 66 valence electrons. The molecule has 12 heavy (non-hydrogen) atoms. The van der Waals surface area contributed by atoms with E-state index in [2.05, 4.69) is 25.9 Å². The Morgan fingerprint density at radius 1 is 1.42 bits per heavy atom. The highest BCUT2D eigenvalue weighted by molar-refractivity contribution is 9.10. The summed E-state index contributed by atoms with van der Waals surface area (Å²) >= 11 is 3.24. The van der Waals surface area contributed by atoms with Crippen LogP contribution in [0, 0.1) is 0 Å². The number of hydrogen-bond acceptors (Lipinski definition) is 4. The van der Waals surface area contributed by atoms with Crippen LogP contribution in [0.2, 0.25) is 0 Å². The summed E-state index contributed by atoms with van der Waals surface area (Å²) in [6, 6.07) is 0. The van der Waals surface area contributed by atoms with Gasteiger partial charge in [0.2, 0.25) is 0 Å². The molecule has 0 bridgehead atoms. The van der Waals surface area contributed by atoms with Crippen LogP contribution in [0.4, 0.5) is 0 Å². The lowest BCUT2D eigenvalue weighted by molar-refractivity contribution is -0.0303. The lowest BCUT2D eigenvalue weighted by atomic mass is 10.1. The first-order valence-electron chi connectivity index (χ1n) is 3.42. The lowest BCUT2D eigenvalue weighted by Crippen LogP contribution is -2.27. The maximum absolute atomic E-state index is 5.08. The van der Waals surface area contributed by atoms with Gasteiger partial charge < -0.3 is 0 Å². The van der Waals surface area contributed by atoms with Gasteiger partial charge in [-0.05, 0) is 29.8 Å². The molecule has 0 unspecified atom stereocenters. The third-order valence-corrected chi connectivity index (χ3v) is 1.86. The molecule has 0 amide bonds. The zero-order valence-corrected chi connectivity index (χ0v) is 8.50. The van der Waals surface area contributed by atoms with Crippen LogP contribution in [-0.2, 0) is 10.4 Å². The van der Waals surface area contributed by atoms with Crippen molar-refractivity contribution in [3.8, 4) is 0 Å². The Labute approximate surface area is 79.2 Å². The largest absolute Gasteiger partial charge is 0.290 e. The molecule has 0 aromatic carbocycles. The number of halogens is 1. The van der Waals surface area contributed by atoms with Crippen LogP contribution in [0.15, 0.2) is 16.9 Å². The molecular weight excluding hydrogens is 222 g/mol. The van der Waals surface area contributed by atoms with Crippen molar-refractivity contribution in [3.05, 3.63) is 22.7 Å². The van der Waals surface area contributed by atoms with Crippen LogP contribution >= 0.6 is 15.9 Å². The second-order valence-corrected chi connectivity index (χ2v) is 3.77. The minimum absolute atomic E-state index is 0.563. The average molecular weight is 232 g/mol. The van der Waals surface area contributed by atoms with Gasteiger partial charge in [0, 0.05) is 12.4 Å². The highest BCUT2D eigenvalue weighted by atomic mass is 79.9. The third kappa shape index (κ3) is 2.00. The number of rotatable bonds is 2. The first-order chi connectivity index (χ1) is 5.56. The molecule has 5 heteroatoms. The maximum Gasteiger partial charge on any atom is 0.161 e. The summed E-state index contributed by atoms with van der Waals surface area (Å²) in [6.45, 7) is 3.60. The molecule has 0 spiro atoms. The molecule has 0 radical (unpaired) electrons. The predicted molar refractivity (Wildman–Crippen MR) is 48.0 cm³/mol. The van der Waals surface area contributed by atoms with Gasteiger partial charge in [-0.2, -0.15) is 0 Å². The van der Waals surface area contributed by atoms with E-state index >= 15 is 0 Å². The Balaban J connectivity index is 2.96. The van der Waals surface area contributed by atoms with E-state index in [4.69, 9.17) is 10.7 Å². The second kappa shape index (κ2) is 3.47. The highest BCUT2D eigenvalue weighted by Gasteiger charge is 2.23. The molecule has 1 aromatic rings. The number of nitrogens with zero attached hydrogens (tertiary/aromatic N) is 2. The summed E-state index contributed by atoms with van der Waals surface area (Å²) in [5.74, 6) is 5.65. The normalized spacial score (nSPS) is 11.7. The highest BCUT2D eigenvalue weighted by Crippen LogP contribution is 2.18. The molecule has 4 nitrogen and oxygen atoms in total. The van der Waals surface area contributed by atoms with Gasteiger partial charge in [-0.3, -0.25) is 4.84 Å². The number of hydrogen-bond donors (Lipinski definition) is 1. The van der Waals surface area contributed by atoms with Crippen molar-refractivity contribution in [2.75, 3.05) is 0 Å². The SMILES string of the molecule is CC(C)(ON)c1ncc(Br)cn1. The van der Waals surface area contributed by atoms with Crippen LogP contribution in [-0.4, -0.2) is 9.97 Å². The Morgan fingerprint density at radius 3 is 2.33 bits per heavy atom. The van der Waals surface area contributed by atoms with Crippen molar-refractivity contribution in [1.29, 1.82) is 0 Å². The molecule has 0 atom stereocenters. The van der Waals surface area contributed by atoms with Crippen molar-refractivity contribution in [2.45, 2.75) is 19.4 Å². The molecule has 1 heterocycles. The molecule has 0 aliphatic carbocycles. The first kappa shape index (κ1) is 9.57. The summed E-state index contributed by atoms with van der Waals surface area (Å²) in [6.07, 6.45) is 3.31. The van der Waals surface area contributed by atoms with Crippen molar-refractivity contribution in [1.82, 2.24) is 9.97 Å². The topological polar surface area (TPSA) is 61.0 Å². The van der Waals surface area contributed by atoms with E-state index in [0.29, 0.717) is 5.82 Å². The van der Waals surface area contributed by atoms with E-state index in [-0.39, 0.29) is 0 Å². The Kier molecular flexibility index (Phi) is 2.76. The van der Waals surface area contributed by atoms with Crippen molar-refractivity contribution in [3.63, 3.8) is 0 Å². The van der Waals surface area contributed by atoms with E-state index < -0.39 is 5.60 Å². The molecular formula is C7H10BrN3O. The summed E-state index contributed by atoms with van der Waals surface area (Å²) in [5, 5.41) is 0. The fraction of sp³-hybridized carbons (Fsp3) is 0.429. The standard InChI is InChI=1S/C7H10BrN3O/c1-7(2,12-9)6-10-3-5(8)4-11-6/h3-4H,9H2,1-2H3. The smallest absolute Gasteiger partial charge is 0.161 e. The number of aromatic nitrogens is 2. The van der Waals surface area contributed by atoms with E-state index in [1.54, 1.807) is 26.2 Å². The van der Waals surface area contributed by atoms with Crippen molar-refractivity contribution >= 4 is 15.9 Å². The molecule has 0 saturated heterocycles. The van der Waals surface area contributed by atoms with Gasteiger partial charge in [0.05, 0.1) is 4.47 Å². The molecule has 0 saturated carbocycles. The summed E-state index contributed by atoms with van der Waals surface area (Å²) in [5.41, 5.74) is -0.638. The molecule has 0 fully saturated rings. The summed E-state index contributed by atoms with van der Waals surface area (Å²) in [4.78, 5) is 12.8. The Bertz CT molecular complexity index is 260. The van der Waals surface area contributed by atoms with Gasteiger partial charge in [0.1, 0.15) is 5.60 Å². The monoisotopic (exact) mass is 231 g/mol. The molecule has 2 N–H and O–H groups in total. The van der Waals surface area contributed by atoms with Gasteiger partial charge in [-0.15, -0.1) is 0 Å². The first-order valence-corrected chi connectivity index (χ1v) is 4.21. The van der Waals surface area contributed by atoms with Gasteiger partial charge in [-0.25, -0.2) is 15.9 Å². The van der Waals surface area contributed by atoms with Crippen LogP contribution < -0.4 is 5.90 Å². The van der Waals surface area contributed by atoms with Crippen molar-refractivity contribution < 1.29 is 4.84 Å². The molecule has 1 aromatic heterocycles. The van der Waals surface area contributed by atoms with E-state index in [1.165, 1.54) is 0 Å². The van der Waals surface area contributed by atoms with Crippen LogP contribution in [0.5, 0.6) is 0 Å². The molecule has 1 rings (SSSR count). The zero-order valence-electron chi connectivity index (χ0n) is 6.91. The van der Waals surface area contributed by atoms with Crippen LogP contribution in [0.25, 0.3) is 0 Å². The van der Waals surface area contributed by atoms with Gasteiger partial charge >= 0.3 is 0 Å². The predicted octanol–water partition coefficient (Wildman–Crippen LogP) is 1.36. The third-order valence-electron chi connectivity index (χ3n) is 1.45. The Morgan fingerprint density at radius 2 is 1.92 bits per heavy atom. The average Bonchev–Trinajstić information content (AvgIpc) is 2.05. The minimum atomic E-state index is -0.638. The lowest BCUT2D eigenvalue weighted by Gasteiger charge is -2.19. The van der Waals surface area contributed by atoms with Crippen LogP contribution in [0.3, 0.4) is 0 Å². The molecule has 0 aliphatic rings. The Hall–Kier alpha value is -0.520. The minimum Gasteiger partial charge on any atom is -0.290 e. The maximum atomic E-state index is 5.08. The van der Waals surface area contributed by atoms with Crippen LogP contribution in [0.1, 0.15) is 19.7 Å². The summed E-state index contributed by atoms with van der Waals surface area (Å²) < 4.78 is 0.832. The van der Waals surface area contributed by atoms with E-state index in [9.17, 15) is 0 Å². The van der Waals surface area contributed by atoms with Crippen molar-refractivity contribution in [2.24, 2.45) is 5.90 Å². The second-order valence-electron chi connectivity index (χ2n) is 2.85. The zero-order chi connectivity index (χ0) is 9.19. The van der Waals surface area contributed by atoms with E-state index in [0.717, 1.165) is 4.47 Å². The molecule has 0 aliphatic heterocycles. The summed E-state index contributed by atoms with van der Waals surface area (Å²) in [7, 11) is 0. The fourth-order valence-corrected chi connectivity index (χ4v) is 0.881.